The lowest BCUT2D eigenvalue weighted by Crippen LogP contribution is -2.13. The molecule has 0 radical (unpaired) electrons. The van der Waals surface area contributed by atoms with E-state index in [0.29, 0.717) is 5.56 Å². The lowest BCUT2D eigenvalue weighted by Gasteiger charge is -2.08. The Morgan fingerprint density at radius 1 is 1.10 bits per heavy atom. The van der Waals surface area contributed by atoms with Crippen LogP contribution in [0.25, 0.3) is 0 Å². The minimum absolute atomic E-state index is 0.0969. The Labute approximate surface area is 131 Å². The predicted octanol–water partition coefficient (Wildman–Crippen LogP) is 4.31. The topological polar surface area (TPSA) is 58.6 Å². The van der Waals surface area contributed by atoms with E-state index in [1.165, 1.54) is 16.0 Å². The second-order valence-corrected chi connectivity index (χ2v) is 6.48. The molecule has 0 amide bonds. The van der Waals surface area contributed by atoms with Gasteiger partial charge in [0.2, 0.25) is 0 Å². The Morgan fingerprint density at radius 2 is 1.75 bits per heavy atom. The molecule has 3 nitrogen and oxygen atoms in total. The molecular formula is C15H15BrN2OS. The van der Waals surface area contributed by atoms with Crippen molar-refractivity contribution in [2.75, 3.05) is 0 Å². The highest BCUT2D eigenvalue weighted by Crippen LogP contribution is 2.31. The van der Waals surface area contributed by atoms with Gasteiger partial charge >= 0.3 is 0 Å². The van der Waals surface area contributed by atoms with Gasteiger partial charge in [0, 0.05) is 19.8 Å². The molecule has 0 unspecified atom stereocenters. The highest BCUT2D eigenvalue weighted by molar-refractivity contribution is 9.10. The minimum atomic E-state index is 0.0969. The van der Waals surface area contributed by atoms with Crippen LogP contribution in [0.1, 0.15) is 16.7 Å². The third kappa shape index (κ3) is 3.35. The summed E-state index contributed by atoms with van der Waals surface area (Å²) in [5, 5.41) is 11.7. The fraction of sp³-hybridized carbons (Fsp3) is 0.133. The Hall–Kier alpha value is -1.46. The summed E-state index contributed by atoms with van der Waals surface area (Å²) in [7, 11) is 0. The number of nitrogens with two attached hydrogens (primary N) is 1. The van der Waals surface area contributed by atoms with E-state index in [9.17, 15) is 0 Å². The van der Waals surface area contributed by atoms with Crippen LogP contribution >= 0.6 is 27.7 Å². The fourth-order valence-corrected chi connectivity index (χ4v) is 3.42. The number of nitrogens with zero attached hydrogens (tertiary/aromatic N) is 1. The number of hydrogen-bond donors (Lipinski definition) is 2. The summed E-state index contributed by atoms with van der Waals surface area (Å²) < 4.78 is 0.807. The van der Waals surface area contributed by atoms with Gasteiger partial charge in [-0.05, 0) is 71.2 Å². The van der Waals surface area contributed by atoms with Crippen molar-refractivity contribution in [1.82, 2.24) is 0 Å². The van der Waals surface area contributed by atoms with Crippen LogP contribution in [0.5, 0.6) is 0 Å². The Kier molecular flexibility index (Phi) is 4.73. The van der Waals surface area contributed by atoms with E-state index in [4.69, 9.17) is 10.9 Å². The zero-order valence-electron chi connectivity index (χ0n) is 11.2. The molecule has 0 aromatic heterocycles. The highest BCUT2D eigenvalue weighted by atomic mass is 79.9. The number of benzene rings is 2. The summed E-state index contributed by atoms with van der Waals surface area (Å²) in [5.41, 5.74) is 8.84. The number of halogens is 1. The summed E-state index contributed by atoms with van der Waals surface area (Å²) in [6.07, 6.45) is 0. The van der Waals surface area contributed by atoms with E-state index >= 15 is 0 Å². The number of amidine groups is 1. The van der Waals surface area contributed by atoms with Crippen LogP contribution in [0.2, 0.25) is 0 Å². The summed E-state index contributed by atoms with van der Waals surface area (Å²) in [5.74, 6) is 0.0969. The molecule has 5 heteroatoms. The van der Waals surface area contributed by atoms with Crippen molar-refractivity contribution in [3.8, 4) is 0 Å². The molecule has 0 saturated carbocycles. The van der Waals surface area contributed by atoms with Crippen LogP contribution in [0.15, 0.2) is 55.8 Å². The van der Waals surface area contributed by atoms with E-state index in [1.807, 2.05) is 18.2 Å². The van der Waals surface area contributed by atoms with Gasteiger partial charge in [-0.25, -0.2) is 0 Å². The van der Waals surface area contributed by atoms with Crippen molar-refractivity contribution in [3.05, 3.63) is 57.6 Å². The Balaban J connectivity index is 2.26. The van der Waals surface area contributed by atoms with Crippen LogP contribution in [-0.4, -0.2) is 11.0 Å². The highest BCUT2D eigenvalue weighted by Gasteiger charge is 2.07. The lowest BCUT2D eigenvalue weighted by molar-refractivity contribution is 0.318. The zero-order valence-corrected chi connectivity index (χ0v) is 13.6. The first-order valence-corrected chi connectivity index (χ1v) is 7.65. The van der Waals surface area contributed by atoms with Crippen molar-refractivity contribution in [3.63, 3.8) is 0 Å². The monoisotopic (exact) mass is 350 g/mol. The van der Waals surface area contributed by atoms with E-state index < -0.39 is 0 Å². The van der Waals surface area contributed by atoms with Gasteiger partial charge in [0.15, 0.2) is 5.84 Å². The van der Waals surface area contributed by atoms with Gasteiger partial charge in [-0.1, -0.05) is 23.0 Å². The first-order chi connectivity index (χ1) is 9.51. The molecule has 0 aliphatic rings. The first kappa shape index (κ1) is 14.9. The second kappa shape index (κ2) is 6.33. The molecule has 0 fully saturated rings. The maximum absolute atomic E-state index is 8.71. The molecule has 104 valence electrons. The van der Waals surface area contributed by atoms with Crippen LogP contribution in [-0.2, 0) is 0 Å². The van der Waals surface area contributed by atoms with Gasteiger partial charge in [-0.15, -0.1) is 0 Å². The van der Waals surface area contributed by atoms with Crippen molar-refractivity contribution >= 4 is 33.5 Å². The van der Waals surface area contributed by atoms with Gasteiger partial charge in [0.25, 0.3) is 0 Å². The maximum Gasteiger partial charge on any atom is 0.171 e. The average molecular weight is 351 g/mol. The molecule has 3 N–H and O–H groups in total. The molecule has 0 heterocycles. The molecule has 0 bridgehead atoms. The molecule has 0 spiro atoms. The third-order valence-electron chi connectivity index (χ3n) is 3.04. The van der Waals surface area contributed by atoms with E-state index in [-0.39, 0.29) is 5.84 Å². The molecule has 2 rings (SSSR count). The number of aryl methyl sites for hydroxylation is 2. The summed E-state index contributed by atoms with van der Waals surface area (Å²) in [6.45, 7) is 4.21. The largest absolute Gasteiger partial charge is 0.409 e. The smallest absolute Gasteiger partial charge is 0.171 e. The molecule has 2 aromatic rings. The van der Waals surface area contributed by atoms with Crippen LogP contribution in [0, 0.1) is 13.8 Å². The van der Waals surface area contributed by atoms with E-state index in [1.54, 1.807) is 11.8 Å². The van der Waals surface area contributed by atoms with Crippen molar-refractivity contribution < 1.29 is 5.21 Å². The molecule has 0 saturated heterocycles. The number of hydrogen-bond acceptors (Lipinski definition) is 3. The second-order valence-electron chi connectivity index (χ2n) is 4.48. The predicted molar refractivity (Wildman–Crippen MR) is 86.7 cm³/mol. The quantitative estimate of drug-likeness (QED) is 0.375. The van der Waals surface area contributed by atoms with Crippen LogP contribution in [0.3, 0.4) is 0 Å². The fourth-order valence-electron chi connectivity index (χ4n) is 1.73. The number of oxime groups is 1. The lowest BCUT2D eigenvalue weighted by atomic mass is 10.1. The van der Waals surface area contributed by atoms with E-state index in [2.05, 4.69) is 53.1 Å². The van der Waals surface area contributed by atoms with Gasteiger partial charge in [0.05, 0.1) is 0 Å². The van der Waals surface area contributed by atoms with Crippen molar-refractivity contribution in [2.24, 2.45) is 10.9 Å². The Bertz CT molecular complexity index is 671. The minimum Gasteiger partial charge on any atom is -0.409 e. The van der Waals surface area contributed by atoms with E-state index in [0.717, 1.165) is 9.37 Å². The van der Waals surface area contributed by atoms with Gasteiger partial charge in [-0.2, -0.15) is 0 Å². The molecule has 0 atom stereocenters. The number of rotatable bonds is 3. The molecule has 2 aromatic carbocycles. The summed E-state index contributed by atoms with van der Waals surface area (Å²) >= 11 is 5.12. The van der Waals surface area contributed by atoms with Crippen LogP contribution in [0.4, 0.5) is 0 Å². The molecule has 20 heavy (non-hydrogen) atoms. The normalized spacial score (nSPS) is 11.7. The standard InChI is InChI=1S/C15H15BrN2OS/c1-9-3-4-11(7-10(9)2)20-12-5-6-13(14(16)8-12)15(17)18-19/h3-8,19H,1-2H3,(H2,17,18). The van der Waals surface area contributed by atoms with Gasteiger partial charge < -0.3 is 10.9 Å². The van der Waals surface area contributed by atoms with Crippen molar-refractivity contribution in [1.29, 1.82) is 0 Å². The maximum atomic E-state index is 8.71. The van der Waals surface area contributed by atoms with Crippen LogP contribution < -0.4 is 5.73 Å². The molecule has 0 aliphatic heterocycles. The first-order valence-electron chi connectivity index (χ1n) is 6.04. The zero-order chi connectivity index (χ0) is 14.7. The SMILES string of the molecule is Cc1ccc(Sc2ccc(/C(N)=N/O)c(Br)c2)cc1C. The summed E-state index contributed by atoms with van der Waals surface area (Å²) in [4.78, 5) is 2.28. The third-order valence-corrected chi connectivity index (χ3v) is 4.67. The summed E-state index contributed by atoms with van der Waals surface area (Å²) in [6, 6.07) is 12.2. The average Bonchev–Trinajstić information content (AvgIpc) is 2.42. The molecular weight excluding hydrogens is 336 g/mol. The molecule has 0 aliphatic carbocycles. The van der Waals surface area contributed by atoms with Gasteiger partial charge in [-0.3, -0.25) is 0 Å². The Morgan fingerprint density at radius 3 is 2.35 bits per heavy atom. The van der Waals surface area contributed by atoms with Crippen molar-refractivity contribution in [2.45, 2.75) is 23.6 Å². The van der Waals surface area contributed by atoms with Gasteiger partial charge in [0.1, 0.15) is 0 Å².